The number of phenolic OH excluding ortho intramolecular Hbond substituents is 1. The number of azo groups is 2. The number of phenols is 1. The van der Waals surface area contributed by atoms with E-state index < -0.39 is 79.4 Å². The maximum atomic E-state index is 12.2. The normalized spacial score (nSPS) is 12.7. The van der Waals surface area contributed by atoms with Crippen molar-refractivity contribution < 1.29 is 49.4 Å². The van der Waals surface area contributed by atoms with Gasteiger partial charge in [-0.15, -0.1) is 10.2 Å². The van der Waals surface area contributed by atoms with Crippen molar-refractivity contribution in [2.75, 3.05) is 5.73 Å². The van der Waals surface area contributed by atoms with Crippen LogP contribution in [-0.4, -0.2) is 50.5 Å². The van der Waals surface area contributed by atoms with Crippen molar-refractivity contribution in [2.45, 2.75) is 14.7 Å². The first kappa shape index (κ1) is 31.8. The number of hydrogen-bond acceptors (Lipinski definition) is 13. The van der Waals surface area contributed by atoms with E-state index in [9.17, 15) is 49.4 Å². The van der Waals surface area contributed by atoms with Crippen molar-refractivity contribution in [3.63, 3.8) is 0 Å². The largest absolute Gasteiger partial charge is 0.505 e. The fraction of sp³-hybridized carbons (Fsp3) is 0. The van der Waals surface area contributed by atoms with Gasteiger partial charge < -0.3 is 15.9 Å². The number of sulfone groups is 1. The molecule has 4 aromatic carbocycles. The van der Waals surface area contributed by atoms with Crippen molar-refractivity contribution in [3.8, 4) is 5.75 Å². The Balaban J connectivity index is 1.96. The van der Waals surface area contributed by atoms with Crippen LogP contribution in [0.5, 0.6) is 5.75 Å². The van der Waals surface area contributed by atoms with Crippen molar-refractivity contribution >= 4 is 75.3 Å². The van der Waals surface area contributed by atoms with Gasteiger partial charge in [0.2, 0.25) is 0 Å². The van der Waals surface area contributed by atoms with E-state index in [4.69, 9.17) is 5.73 Å². The van der Waals surface area contributed by atoms with Crippen LogP contribution in [0.4, 0.5) is 28.4 Å². The highest BCUT2D eigenvalue weighted by Gasteiger charge is 2.28. The smallest absolute Gasteiger partial charge is 0.335 e. The van der Waals surface area contributed by atoms with E-state index in [1.165, 1.54) is 42.5 Å². The lowest BCUT2D eigenvalue weighted by molar-refractivity contribution is 0.0696. The molecule has 0 aliphatic carbocycles. The summed E-state index contributed by atoms with van der Waals surface area (Å²) >= 11 is 0. The highest BCUT2D eigenvalue weighted by Crippen LogP contribution is 2.48. The minimum Gasteiger partial charge on any atom is -0.505 e. The van der Waals surface area contributed by atoms with Crippen LogP contribution in [0.2, 0.25) is 0 Å². The molecular weight excluding hydrogens is 643 g/mol. The van der Waals surface area contributed by atoms with Gasteiger partial charge >= 0.3 is 5.97 Å². The van der Waals surface area contributed by atoms with Crippen molar-refractivity contribution in [3.05, 3.63) is 78.2 Å². The number of fused-ring (bicyclic) bond motifs is 1. The van der Waals surface area contributed by atoms with Gasteiger partial charge in [-0.05, 0) is 60.0 Å². The van der Waals surface area contributed by atoms with E-state index >= 15 is 0 Å². The maximum Gasteiger partial charge on any atom is 0.335 e. The molecule has 0 atom stereocenters. The number of benzene rings is 4. The fourth-order valence-corrected chi connectivity index (χ4v) is 5.86. The molecule has 4 aromatic rings. The Bertz CT molecular complexity index is 2250. The molecule has 0 aromatic heterocycles. The second kappa shape index (κ2) is 11.5. The van der Waals surface area contributed by atoms with Crippen molar-refractivity contribution in [1.29, 1.82) is 0 Å². The van der Waals surface area contributed by atoms with Gasteiger partial charge in [-0.2, -0.15) is 27.1 Å². The Hall–Kier alpha value is -5.08. The summed E-state index contributed by atoms with van der Waals surface area (Å²) in [6.07, 6.45) is 0. The van der Waals surface area contributed by atoms with E-state index in [0.717, 1.165) is 11.5 Å². The number of anilines is 1. The third kappa shape index (κ3) is 6.45. The molecule has 4 rings (SSSR count). The monoisotopic (exact) mass is 661 g/mol. The summed E-state index contributed by atoms with van der Waals surface area (Å²) in [5, 5.41) is 35.1. The summed E-state index contributed by atoms with van der Waals surface area (Å²) in [4.78, 5) is 9.13. The lowest BCUT2D eigenvalue weighted by atomic mass is 10.1. The highest BCUT2D eigenvalue weighted by molar-refractivity contribution is 7.94. The molecule has 0 heterocycles. The molecule has 0 saturated carbocycles. The predicted octanol–water partition coefficient (Wildman–Crippen LogP) is 5.07. The molecule has 19 heteroatoms. The minimum atomic E-state index is -5.16. The zero-order valence-corrected chi connectivity index (χ0v) is 24.2. The van der Waals surface area contributed by atoms with Gasteiger partial charge in [-0.3, -0.25) is 9.11 Å². The van der Waals surface area contributed by atoms with Gasteiger partial charge in [-0.25, -0.2) is 13.2 Å². The molecule has 228 valence electrons. The van der Waals surface area contributed by atoms with Crippen LogP contribution < -0.4 is 5.73 Å². The number of aromatic carboxylic acids is 1. The summed E-state index contributed by atoms with van der Waals surface area (Å²) in [6, 6.07) is 11.2. The average Bonchev–Trinajstić information content (AvgIpc) is 2.95. The van der Waals surface area contributed by atoms with E-state index in [-0.39, 0.29) is 21.8 Å². The Kier molecular flexibility index (Phi) is 8.35. The Morgan fingerprint density at radius 1 is 0.773 bits per heavy atom. The molecule has 0 bridgehead atoms. The Morgan fingerprint density at radius 2 is 1.32 bits per heavy atom. The molecular formula is C25H19N5O11S3. The van der Waals surface area contributed by atoms with Crippen molar-refractivity contribution in [1.82, 2.24) is 0 Å². The van der Waals surface area contributed by atoms with E-state index in [0.29, 0.717) is 12.1 Å². The molecule has 0 unspecified atom stereocenters. The lowest BCUT2D eigenvalue weighted by Crippen LogP contribution is -2.03. The zero-order valence-electron chi connectivity index (χ0n) is 21.8. The Labute approximate surface area is 248 Å². The van der Waals surface area contributed by atoms with Crippen LogP contribution in [0.1, 0.15) is 10.4 Å². The minimum absolute atomic E-state index is 0.0119. The number of carbonyl (C=O) groups is 1. The van der Waals surface area contributed by atoms with E-state index in [1.807, 2.05) is 0 Å². The first-order valence-corrected chi connectivity index (χ1v) is 16.1. The number of carboxylic acids is 1. The summed E-state index contributed by atoms with van der Waals surface area (Å²) in [6.45, 7) is 3.22. The standard InChI is InChI=1S/C25H19N5O11S3/c1-2-42(34,35)17-8-6-15(7-9-17)27-29-22-18(43(36,37)38)11-14-12-19(44(39,40)41)23(24(31)20(14)21(22)26)30-28-16-5-3-4-13(10-16)25(32)33/h2-12,31H,1,26H2,(H,32,33)(H,36,37,38)(H,39,40,41). The van der Waals surface area contributed by atoms with Crippen LogP contribution in [0, 0.1) is 0 Å². The molecule has 6 N–H and O–H groups in total. The third-order valence-electron chi connectivity index (χ3n) is 5.88. The van der Waals surface area contributed by atoms with Crippen LogP contribution >= 0.6 is 0 Å². The first-order valence-electron chi connectivity index (χ1n) is 11.7. The molecule has 0 spiro atoms. The lowest BCUT2D eigenvalue weighted by Gasteiger charge is -2.14. The zero-order chi connectivity index (χ0) is 32.6. The molecule has 0 fully saturated rings. The number of carboxylic acid groups (broad SMARTS) is 1. The van der Waals surface area contributed by atoms with Gasteiger partial charge in [0.1, 0.15) is 21.2 Å². The molecule has 0 aliphatic rings. The molecule has 0 amide bonds. The van der Waals surface area contributed by atoms with Gasteiger partial charge in [0.05, 0.1) is 32.9 Å². The van der Waals surface area contributed by atoms with E-state index in [1.54, 1.807) is 0 Å². The second-order valence-corrected chi connectivity index (χ2v) is 13.4. The van der Waals surface area contributed by atoms with Crippen LogP contribution in [0.25, 0.3) is 10.8 Å². The second-order valence-electron chi connectivity index (χ2n) is 8.72. The molecule has 16 nitrogen and oxygen atoms in total. The average molecular weight is 662 g/mol. The summed E-state index contributed by atoms with van der Waals surface area (Å²) in [7, 11) is -14.0. The quantitative estimate of drug-likeness (QED) is 0.0893. The Morgan fingerprint density at radius 3 is 1.86 bits per heavy atom. The predicted molar refractivity (Wildman–Crippen MR) is 155 cm³/mol. The summed E-state index contributed by atoms with van der Waals surface area (Å²) < 4.78 is 92.4. The molecule has 0 radical (unpaired) electrons. The summed E-state index contributed by atoms with van der Waals surface area (Å²) in [5.74, 6) is -2.31. The highest BCUT2D eigenvalue weighted by atomic mass is 32.2. The number of rotatable bonds is 9. The number of nitrogen functional groups attached to an aromatic ring is 1. The van der Waals surface area contributed by atoms with Gasteiger partial charge in [0.25, 0.3) is 20.2 Å². The topological polar surface area (TPSA) is 276 Å². The van der Waals surface area contributed by atoms with Gasteiger partial charge in [-0.1, -0.05) is 12.6 Å². The fourth-order valence-electron chi connectivity index (χ4n) is 3.82. The summed E-state index contributed by atoms with van der Waals surface area (Å²) in [5.41, 5.74) is 3.70. The van der Waals surface area contributed by atoms with Crippen LogP contribution in [0.3, 0.4) is 0 Å². The first-order chi connectivity index (χ1) is 20.4. The third-order valence-corrected chi connectivity index (χ3v) is 8.98. The van der Waals surface area contributed by atoms with Gasteiger partial charge in [0.15, 0.2) is 15.6 Å². The number of nitrogens with zero attached hydrogens (tertiary/aromatic N) is 4. The number of nitrogens with two attached hydrogens (primary N) is 1. The molecule has 44 heavy (non-hydrogen) atoms. The maximum absolute atomic E-state index is 12.2. The van der Waals surface area contributed by atoms with Crippen molar-refractivity contribution in [2.24, 2.45) is 20.5 Å². The van der Waals surface area contributed by atoms with Crippen LogP contribution in [-0.2, 0) is 30.1 Å². The SMILES string of the molecule is C=CS(=O)(=O)c1ccc(N=Nc2c(S(=O)(=O)O)cc3cc(S(=O)(=O)O)c(N=Nc4cccc(C(=O)O)c4)c(O)c3c2N)cc1. The van der Waals surface area contributed by atoms with E-state index in [2.05, 4.69) is 27.0 Å². The molecule has 0 aliphatic heterocycles. The molecule has 0 saturated heterocycles. The number of hydrogen-bond donors (Lipinski definition) is 5. The van der Waals surface area contributed by atoms with Crippen LogP contribution in [0.15, 0.2) is 108 Å². The number of aromatic hydroxyl groups is 1. The van der Waals surface area contributed by atoms with Gasteiger partial charge in [0, 0.05) is 5.41 Å².